The minimum Gasteiger partial charge on any atom is -0.377 e. The number of benzene rings is 1. The van der Waals surface area contributed by atoms with Gasteiger partial charge in [0.05, 0.1) is 17.2 Å². The van der Waals surface area contributed by atoms with Crippen LogP contribution in [-0.2, 0) is 11.2 Å². The molecule has 0 amide bonds. The molecule has 0 radical (unpaired) electrons. The van der Waals surface area contributed by atoms with E-state index in [9.17, 15) is 4.39 Å². The van der Waals surface area contributed by atoms with Gasteiger partial charge in [0, 0.05) is 6.61 Å². The van der Waals surface area contributed by atoms with E-state index in [1.807, 2.05) is 6.07 Å². The largest absolute Gasteiger partial charge is 0.377 e. The lowest BCUT2D eigenvalue weighted by Gasteiger charge is -2.22. The molecule has 1 fully saturated rings. The predicted octanol–water partition coefficient (Wildman–Crippen LogP) is 2.03. The Hall–Kier alpha value is -0.680. The molecular formula is C12H16ClFN2O. The van der Waals surface area contributed by atoms with Gasteiger partial charge in [0.2, 0.25) is 0 Å². The number of hydrogen-bond donors (Lipinski definition) is 2. The van der Waals surface area contributed by atoms with E-state index in [0.717, 1.165) is 25.0 Å². The maximum Gasteiger partial charge on any atom is 0.142 e. The Morgan fingerprint density at radius 1 is 1.59 bits per heavy atom. The highest BCUT2D eigenvalue weighted by Gasteiger charge is 2.25. The van der Waals surface area contributed by atoms with E-state index >= 15 is 0 Å². The van der Waals surface area contributed by atoms with Crippen LogP contribution in [0.2, 0.25) is 5.02 Å². The molecule has 1 aliphatic rings. The Morgan fingerprint density at radius 3 is 3.00 bits per heavy atom. The predicted molar refractivity (Wildman–Crippen MR) is 65.2 cm³/mol. The van der Waals surface area contributed by atoms with Crippen LogP contribution >= 0.6 is 11.6 Å². The standard InChI is InChI=1S/C12H16ClFN2O/c13-9-4-3-8(6-10(9)14)7-11(16-15)12-2-1-5-17-12/h3-4,6,11-12,16H,1-2,5,7,15H2. The van der Waals surface area contributed by atoms with Crippen molar-refractivity contribution in [2.75, 3.05) is 6.61 Å². The molecule has 0 saturated carbocycles. The molecule has 1 aliphatic heterocycles. The summed E-state index contributed by atoms with van der Waals surface area (Å²) in [5.74, 6) is 5.12. The van der Waals surface area contributed by atoms with Gasteiger partial charge >= 0.3 is 0 Å². The van der Waals surface area contributed by atoms with Crippen molar-refractivity contribution < 1.29 is 9.13 Å². The summed E-state index contributed by atoms with van der Waals surface area (Å²) in [5, 5.41) is 0.142. The fourth-order valence-corrected chi connectivity index (χ4v) is 2.26. The summed E-state index contributed by atoms with van der Waals surface area (Å²) in [6.07, 6.45) is 2.79. The molecule has 17 heavy (non-hydrogen) atoms. The molecule has 5 heteroatoms. The molecule has 94 valence electrons. The average Bonchev–Trinajstić information content (AvgIpc) is 2.84. The molecule has 0 spiro atoms. The van der Waals surface area contributed by atoms with Crippen LogP contribution in [0.5, 0.6) is 0 Å². The second-order valence-corrected chi connectivity index (χ2v) is 4.68. The van der Waals surface area contributed by atoms with Gasteiger partial charge in [-0.15, -0.1) is 0 Å². The summed E-state index contributed by atoms with van der Waals surface area (Å²) >= 11 is 5.64. The zero-order valence-corrected chi connectivity index (χ0v) is 10.2. The molecule has 3 nitrogen and oxygen atoms in total. The summed E-state index contributed by atoms with van der Waals surface area (Å²) in [6, 6.07) is 4.83. The minimum atomic E-state index is -0.396. The van der Waals surface area contributed by atoms with Gasteiger partial charge in [-0.3, -0.25) is 11.3 Å². The Morgan fingerprint density at radius 2 is 2.41 bits per heavy atom. The number of nitrogens with two attached hydrogens (primary N) is 1. The quantitative estimate of drug-likeness (QED) is 0.642. The summed E-state index contributed by atoms with van der Waals surface area (Å²) < 4.78 is 18.9. The first-order valence-corrected chi connectivity index (χ1v) is 6.10. The first-order chi connectivity index (χ1) is 8.20. The number of hydrogen-bond acceptors (Lipinski definition) is 3. The first-order valence-electron chi connectivity index (χ1n) is 5.72. The van der Waals surface area contributed by atoms with Gasteiger partial charge in [0.1, 0.15) is 5.82 Å². The molecule has 1 saturated heterocycles. The Kier molecular flexibility index (Phi) is 4.34. The third kappa shape index (κ3) is 3.16. The van der Waals surface area contributed by atoms with Crippen molar-refractivity contribution in [3.8, 4) is 0 Å². The van der Waals surface area contributed by atoms with E-state index in [-0.39, 0.29) is 17.2 Å². The number of halogens is 2. The molecule has 3 N–H and O–H groups in total. The second-order valence-electron chi connectivity index (χ2n) is 4.28. The lowest BCUT2D eigenvalue weighted by atomic mass is 10.00. The van der Waals surface area contributed by atoms with E-state index < -0.39 is 5.82 Å². The molecule has 1 aromatic rings. The maximum absolute atomic E-state index is 13.3. The molecule has 2 atom stereocenters. The summed E-state index contributed by atoms with van der Waals surface area (Å²) in [4.78, 5) is 0. The van der Waals surface area contributed by atoms with Crippen molar-refractivity contribution in [3.05, 3.63) is 34.6 Å². The highest BCUT2D eigenvalue weighted by molar-refractivity contribution is 6.30. The van der Waals surface area contributed by atoms with Gasteiger partial charge in [-0.05, 0) is 37.0 Å². The van der Waals surface area contributed by atoms with Crippen LogP contribution in [0.1, 0.15) is 18.4 Å². The lowest BCUT2D eigenvalue weighted by Crippen LogP contribution is -2.45. The number of rotatable bonds is 4. The van der Waals surface area contributed by atoms with Gasteiger partial charge in [0.25, 0.3) is 0 Å². The normalized spacial score (nSPS) is 21.7. The highest BCUT2D eigenvalue weighted by Crippen LogP contribution is 2.20. The van der Waals surface area contributed by atoms with Crippen LogP contribution in [0.4, 0.5) is 4.39 Å². The summed E-state index contributed by atoms with van der Waals surface area (Å²) in [5.41, 5.74) is 3.61. The van der Waals surface area contributed by atoms with Crippen molar-refractivity contribution in [1.82, 2.24) is 5.43 Å². The third-order valence-corrected chi connectivity index (χ3v) is 3.37. The van der Waals surface area contributed by atoms with Crippen molar-refractivity contribution >= 4 is 11.6 Å². The van der Waals surface area contributed by atoms with Gasteiger partial charge in [-0.2, -0.15) is 0 Å². The Labute approximate surface area is 105 Å². The van der Waals surface area contributed by atoms with E-state index in [1.54, 1.807) is 6.07 Å². The second kappa shape index (κ2) is 5.78. The van der Waals surface area contributed by atoms with Crippen LogP contribution in [0, 0.1) is 5.82 Å². The van der Waals surface area contributed by atoms with Crippen LogP contribution in [0.25, 0.3) is 0 Å². The Balaban J connectivity index is 2.04. The molecule has 2 rings (SSSR count). The van der Waals surface area contributed by atoms with Gasteiger partial charge < -0.3 is 4.74 Å². The SMILES string of the molecule is NNC(Cc1ccc(Cl)c(F)c1)C1CCCO1. The topological polar surface area (TPSA) is 47.3 Å². The van der Waals surface area contributed by atoms with Crippen molar-refractivity contribution in [2.24, 2.45) is 5.84 Å². The first kappa shape index (κ1) is 12.8. The third-order valence-electron chi connectivity index (χ3n) is 3.07. The molecule has 0 aliphatic carbocycles. The summed E-state index contributed by atoms with van der Waals surface area (Å²) in [7, 11) is 0. The van der Waals surface area contributed by atoms with Crippen LogP contribution in [-0.4, -0.2) is 18.8 Å². The highest BCUT2D eigenvalue weighted by atomic mass is 35.5. The fourth-order valence-electron chi connectivity index (χ4n) is 2.14. The van der Waals surface area contributed by atoms with Gasteiger partial charge in [-0.25, -0.2) is 4.39 Å². The average molecular weight is 259 g/mol. The van der Waals surface area contributed by atoms with Crippen molar-refractivity contribution in [2.45, 2.75) is 31.4 Å². The number of ether oxygens (including phenoxy) is 1. The van der Waals surface area contributed by atoms with Crippen LogP contribution < -0.4 is 11.3 Å². The van der Waals surface area contributed by atoms with Crippen LogP contribution in [0.3, 0.4) is 0 Å². The molecule has 1 aromatic carbocycles. The molecule has 2 unspecified atom stereocenters. The van der Waals surface area contributed by atoms with Crippen LogP contribution in [0.15, 0.2) is 18.2 Å². The van der Waals surface area contributed by atoms with E-state index in [1.165, 1.54) is 6.07 Å². The molecular weight excluding hydrogens is 243 g/mol. The van der Waals surface area contributed by atoms with E-state index in [4.69, 9.17) is 22.2 Å². The fraction of sp³-hybridized carbons (Fsp3) is 0.500. The minimum absolute atomic E-state index is 0.0121. The van der Waals surface area contributed by atoms with Crippen molar-refractivity contribution in [3.63, 3.8) is 0 Å². The number of nitrogens with one attached hydrogen (secondary N) is 1. The lowest BCUT2D eigenvalue weighted by molar-refractivity contribution is 0.0784. The van der Waals surface area contributed by atoms with Gasteiger partial charge in [0.15, 0.2) is 0 Å². The molecule has 0 aromatic heterocycles. The Bertz CT molecular complexity index is 383. The van der Waals surface area contributed by atoms with Crippen molar-refractivity contribution in [1.29, 1.82) is 0 Å². The zero-order chi connectivity index (χ0) is 12.3. The van der Waals surface area contributed by atoms with Gasteiger partial charge in [-0.1, -0.05) is 17.7 Å². The smallest absolute Gasteiger partial charge is 0.142 e. The number of hydrazine groups is 1. The zero-order valence-electron chi connectivity index (χ0n) is 9.46. The maximum atomic E-state index is 13.3. The van der Waals surface area contributed by atoms with E-state index in [0.29, 0.717) is 6.42 Å². The summed E-state index contributed by atoms with van der Waals surface area (Å²) in [6.45, 7) is 0.776. The molecule has 0 bridgehead atoms. The molecule has 1 heterocycles. The van der Waals surface area contributed by atoms with E-state index in [2.05, 4.69) is 5.43 Å². The monoisotopic (exact) mass is 258 g/mol.